The lowest BCUT2D eigenvalue weighted by Crippen LogP contribution is -2.20. The minimum Gasteiger partial charge on any atom is -0.494 e. The molecule has 4 rings (SSSR count). The van der Waals surface area contributed by atoms with Gasteiger partial charge in [0.25, 0.3) is 5.56 Å². The molecule has 1 N–H and O–H groups in total. The molecule has 3 aromatic carbocycles. The molecule has 0 aliphatic carbocycles. The second-order valence-corrected chi connectivity index (χ2v) is 7.06. The SMILES string of the molecule is COc1ccc(N=Cc2c(O)n(-c3ccc(C)cc3)c(=O)c3ccccc23)cc1OC. The molecule has 0 atom stereocenters. The molecule has 0 amide bonds. The van der Waals surface area contributed by atoms with Crippen LogP contribution in [0.15, 0.2) is 76.5 Å². The fourth-order valence-corrected chi connectivity index (χ4v) is 3.47. The van der Waals surface area contributed by atoms with E-state index in [4.69, 9.17) is 9.47 Å². The van der Waals surface area contributed by atoms with E-state index in [9.17, 15) is 9.90 Å². The van der Waals surface area contributed by atoms with Crippen molar-refractivity contribution < 1.29 is 14.6 Å². The van der Waals surface area contributed by atoms with Crippen LogP contribution in [-0.2, 0) is 0 Å². The summed E-state index contributed by atoms with van der Waals surface area (Å²) >= 11 is 0. The smallest absolute Gasteiger partial charge is 0.265 e. The van der Waals surface area contributed by atoms with Crippen molar-refractivity contribution in [3.63, 3.8) is 0 Å². The number of nitrogens with zero attached hydrogens (tertiary/aromatic N) is 2. The molecule has 6 nitrogen and oxygen atoms in total. The molecule has 0 saturated carbocycles. The van der Waals surface area contributed by atoms with E-state index in [-0.39, 0.29) is 11.4 Å². The Hall–Kier alpha value is -4.06. The van der Waals surface area contributed by atoms with Gasteiger partial charge in [0.2, 0.25) is 5.88 Å². The average Bonchev–Trinajstić information content (AvgIpc) is 2.80. The molecule has 0 unspecified atom stereocenters. The largest absolute Gasteiger partial charge is 0.494 e. The first kappa shape index (κ1) is 20.2. The highest BCUT2D eigenvalue weighted by Gasteiger charge is 2.16. The third-order valence-corrected chi connectivity index (χ3v) is 5.11. The van der Waals surface area contributed by atoms with E-state index in [1.807, 2.05) is 25.1 Å². The van der Waals surface area contributed by atoms with Gasteiger partial charge in [-0.2, -0.15) is 0 Å². The Morgan fingerprint density at radius 3 is 2.26 bits per heavy atom. The van der Waals surface area contributed by atoms with Crippen molar-refractivity contribution in [1.29, 1.82) is 0 Å². The van der Waals surface area contributed by atoms with Gasteiger partial charge in [-0.1, -0.05) is 35.9 Å². The van der Waals surface area contributed by atoms with Crippen LogP contribution in [0.25, 0.3) is 16.5 Å². The molecule has 1 aromatic heterocycles. The van der Waals surface area contributed by atoms with Crippen molar-refractivity contribution in [3.8, 4) is 23.1 Å². The molecular weight excluding hydrogens is 392 g/mol. The fourth-order valence-electron chi connectivity index (χ4n) is 3.47. The summed E-state index contributed by atoms with van der Waals surface area (Å²) in [5, 5.41) is 12.2. The van der Waals surface area contributed by atoms with E-state index in [1.54, 1.807) is 69.0 Å². The molecule has 31 heavy (non-hydrogen) atoms. The van der Waals surface area contributed by atoms with Crippen molar-refractivity contribution >= 4 is 22.7 Å². The van der Waals surface area contributed by atoms with Gasteiger partial charge >= 0.3 is 0 Å². The Balaban J connectivity index is 1.91. The summed E-state index contributed by atoms with van der Waals surface area (Å²) in [7, 11) is 3.13. The number of hydrogen-bond acceptors (Lipinski definition) is 5. The van der Waals surface area contributed by atoms with Crippen LogP contribution in [0.3, 0.4) is 0 Å². The second-order valence-electron chi connectivity index (χ2n) is 7.06. The molecule has 0 aliphatic rings. The molecule has 0 spiro atoms. The average molecular weight is 414 g/mol. The lowest BCUT2D eigenvalue weighted by atomic mass is 10.1. The summed E-state index contributed by atoms with van der Waals surface area (Å²) in [5.41, 5.74) is 2.42. The van der Waals surface area contributed by atoms with Crippen molar-refractivity contribution in [2.45, 2.75) is 6.92 Å². The van der Waals surface area contributed by atoms with E-state index in [0.29, 0.717) is 39.2 Å². The molecule has 0 saturated heterocycles. The zero-order valence-electron chi connectivity index (χ0n) is 17.5. The van der Waals surface area contributed by atoms with Gasteiger partial charge in [-0.05, 0) is 37.3 Å². The Morgan fingerprint density at radius 2 is 1.58 bits per heavy atom. The van der Waals surface area contributed by atoms with Gasteiger partial charge in [-0.3, -0.25) is 9.79 Å². The highest BCUT2D eigenvalue weighted by molar-refractivity contribution is 6.02. The number of rotatable bonds is 5. The molecular formula is C25H22N2O4. The zero-order valence-corrected chi connectivity index (χ0v) is 17.5. The van der Waals surface area contributed by atoms with Crippen LogP contribution in [0, 0.1) is 6.92 Å². The molecule has 4 aromatic rings. The number of aromatic hydroxyl groups is 1. The molecule has 0 aliphatic heterocycles. The molecule has 0 bridgehead atoms. The highest BCUT2D eigenvalue weighted by atomic mass is 16.5. The zero-order chi connectivity index (χ0) is 22.0. The van der Waals surface area contributed by atoms with Gasteiger partial charge < -0.3 is 14.6 Å². The van der Waals surface area contributed by atoms with Crippen molar-refractivity contribution in [2.24, 2.45) is 4.99 Å². The number of aryl methyl sites for hydroxylation is 1. The summed E-state index contributed by atoms with van der Waals surface area (Å²) in [6.45, 7) is 1.97. The summed E-state index contributed by atoms with van der Waals surface area (Å²) in [6.07, 6.45) is 1.56. The van der Waals surface area contributed by atoms with Gasteiger partial charge in [-0.25, -0.2) is 4.57 Å². The van der Waals surface area contributed by atoms with E-state index < -0.39 is 0 Å². The lowest BCUT2D eigenvalue weighted by Gasteiger charge is -2.14. The highest BCUT2D eigenvalue weighted by Crippen LogP contribution is 2.32. The number of ether oxygens (including phenoxy) is 2. The van der Waals surface area contributed by atoms with Gasteiger partial charge in [0, 0.05) is 23.1 Å². The number of benzene rings is 3. The van der Waals surface area contributed by atoms with Crippen LogP contribution in [-0.4, -0.2) is 30.1 Å². The minimum absolute atomic E-state index is 0.170. The van der Waals surface area contributed by atoms with E-state index in [0.717, 1.165) is 5.56 Å². The lowest BCUT2D eigenvalue weighted by molar-refractivity contribution is 0.355. The quantitative estimate of drug-likeness (QED) is 0.477. The van der Waals surface area contributed by atoms with Gasteiger partial charge in [0.05, 0.1) is 31.2 Å². The number of aromatic nitrogens is 1. The van der Waals surface area contributed by atoms with Crippen LogP contribution in [0.5, 0.6) is 17.4 Å². The molecule has 6 heteroatoms. The number of fused-ring (bicyclic) bond motifs is 1. The van der Waals surface area contributed by atoms with Gasteiger partial charge in [0.15, 0.2) is 11.5 Å². The first-order valence-corrected chi connectivity index (χ1v) is 9.73. The normalized spacial score (nSPS) is 11.2. The number of aliphatic imine (C=N–C) groups is 1. The van der Waals surface area contributed by atoms with Crippen molar-refractivity contribution in [1.82, 2.24) is 4.57 Å². The number of hydrogen-bond donors (Lipinski definition) is 1. The number of methoxy groups -OCH3 is 2. The summed E-state index contributed by atoms with van der Waals surface area (Å²) in [4.78, 5) is 17.7. The minimum atomic E-state index is -0.291. The maximum atomic E-state index is 13.1. The predicted octanol–water partition coefficient (Wildman–Crippen LogP) is 4.77. The van der Waals surface area contributed by atoms with E-state index in [2.05, 4.69) is 4.99 Å². The molecule has 0 radical (unpaired) electrons. The van der Waals surface area contributed by atoms with Gasteiger partial charge in [-0.15, -0.1) is 0 Å². The Kier molecular flexibility index (Phi) is 5.45. The standard InChI is InChI=1S/C25H22N2O4/c1-16-8-11-18(12-9-16)27-24(28)20-7-5-4-6-19(20)21(25(27)29)15-26-17-10-13-22(30-2)23(14-17)31-3/h4-15,29H,1-3H3. The monoisotopic (exact) mass is 414 g/mol. The fraction of sp³-hybridized carbons (Fsp3) is 0.120. The molecule has 0 fully saturated rings. The Labute approximate surface area is 179 Å². The summed E-state index contributed by atoms with van der Waals surface area (Å²) in [5.74, 6) is 0.982. The maximum absolute atomic E-state index is 13.1. The second kappa shape index (κ2) is 8.36. The van der Waals surface area contributed by atoms with Crippen LogP contribution in [0.2, 0.25) is 0 Å². The third-order valence-electron chi connectivity index (χ3n) is 5.11. The van der Waals surface area contributed by atoms with Crippen LogP contribution in [0.1, 0.15) is 11.1 Å². The first-order valence-electron chi connectivity index (χ1n) is 9.73. The topological polar surface area (TPSA) is 73.0 Å². The Morgan fingerprint density at radius 1 is 0.903 bits per heavy atom. The molecule has 1 heterocycles. The van der Waals surface area contributed by atoms with E-state index >= 15 is 0 Å². The predicted molar refractivity (Wildman–Crippen MR) is 123 cm³/mol. The van der Waals surface area contributed by atoms with Crippen molar-refractivity contribution in [2.75, 3.05) is 14.2 Å². The Bertz CT molecular complexity index is 1340. The van der Waals surface area contributed by atoms with Gasteiger partial charge in [0.1, 0.15) is 0 Å². The number of pyridine rings is 1. The van der Waals surface area contributed by atoms with Crippen LogP contribution < -0.4 is 15.0 Å². The molecule has 156 valence electrons. The van der Waals surface area contributed by atoms with E-state index in [1.165, 1.54) is 4.57 Å². The van der Waals surface area contributed by atoms with Crippen LogP contribution in [0.4, 0.5) is 5.69 Å². The van der Waals surface area contributed by atoms with Crippen molar-refractivity contribution in [3.05, 3.63) is 88.2 Å². The van der Waals surface area contributed by atoms with Crippen LogP contribution >= 0.6 is 0 Å². The first-order chi connectivity index (χ1) is 15.0. The third kappa shape index (κ3) is 3.75. The summed E-state index contributed by atoms with van der Waals surface area (Å²) in [6, 6.07) is 19.9. The summed E-state index contributed by atoms with van der Waals surface area (Å²) < 4.78 is 11.9. The maximum Gasteiger partial charge on any atom is 0.265 e.